The molecule has 0 heterocycles. The van der Waals surface area contributed by atoms with Crippen molar-refractivity contribution < 1.29 is 14.7 Å². The van der Waals surface area contributed by atoms with Crippen LogP contribution in [-0.2, 0) is 0 Å². The van der Waals surface area contributed by atoms with E-state index in [1.54, 1.807) is 19.1 Å². The molecule has 5 heteroatoms. The molecule has 114 valence electrons. The predicted octanol–water partition coefficient (Wildman–Crippen LogP) is 3.40. The molecule has 0 atom stereocenters. The number of nitrogens with one attached hydrogen (secondary N) is 2. The number of anilines is 1. The van der Waals surface area contributed by atoms with Gasteiger partial charge in [0, 0.05) is 12.2 Å². The lowest BCUT2D eigenvalue weighted by atomic mass is 10.0. The molecule has 2 amide bonds. The van der Waals surface area contributed by atoms with E-state index in [9.17, 15) is 9.59 Å². The fourth-order valence-corrected chi connectivity index (χ4v) is 2.86. The molecule has 0 aromatic heterocycles. The van der Waals surface area contributed by atoms with Crippen LogP contribution in [0.4, 0.5) is 10.5 Å². The number of carboxylic acid groups (broad SMARTS) is 1. The van der Waals surface area contributed by atoms with Crippen molar-refractivity contribution in [2.24, 2.45) is 5.92 Å². The van der Waals surface area contributed by atoms with Gasteiger partial charge in [-0.25, -0.2) is 9.59 Å². The van der Waals surface area contributed by atoms with Crippen LogP contribution < -0.4 is 10.6 Å². The molecule has 5 nitrogen and oxygen atoms in total. The summed E-state index contributed by atoms with van der Waals surface area (Å²) in [6, 6.07) is 4.59. The Bertz CT molecular complexity index is 522. The van der Waals surface area contributed by atoms with Crippen molar-refractivity contribution in [3.8, 4) is 0 Å². The summed E-state index contributed by atoms with van der Waals surface area (Å²) in [5, 5.41) is 14.6. The summed E-state index contributed by atoms with van der Waals surface area (Å²) in [6.07, 6.45) is 6.16. The smallest absolute Gasteiger partial charge is 0.336 e. The molecule has 21 heavy (non-hydrogen) atoms. The second kappa shape index (κ2) is 7.11. The largest absolute Gasteiger partial charge is 0.478 e. The molecule has 1 aliphatic rings. The van der Waals surface area contributed by atoms with Crippen LogP contribution in [0.3, 0.4) is 0 Å². The van der Waals surface area contributed by atoms with Gasteiger partial charge in [-0.2, -0.15) is 0 Å². The number of urea groups is 1. The number of aromatic carboxylic acids is 1. The third-order valence-electron chi connectivity index (χ3n) is 4.13. The van der Waals surface area contributed by atoms with Gasteiger partial charge in [0.15, 0.2) is 0 Å². The van der Waals surface area contributed by atoms with Gasteiger partial charge in [0.25, 0.3) is 0 Å². The molecule has 0 saturated heterocycles. The molecule has 2 rings (SSSR count). The highest BCUT2D eigenvalue weighted by atomic mass is 16.4. The van der Waals surface area contributed by atoms with Gasteiger partial charge in [0.05, 0.1) is 5.56 Å². The van der Waals surface area contributed by atoms with Gasteiger partial charge in [-0.1, -0.05) is 31.7 Å². The molecule has 1 aromatic carbocycles. The number of rotatable bonds is 5. The Labute approximate surface area is 124 Å². The first-order valence-electron chi connectivity index (χ1n) is 7.45. The van der Waals surface area contributed by atoms with E-state index in [1.807, 2.05) is 0 Å². The lowest BCUT2D eigenvalue weighted by Crippen LogP contribution is -2.30. The summed E-state index contributed by atoms with van der Waals surface area (Å²) in [5.41, 5.74) is 1.31. The van der Waals surface area contributed by atoms with Crippen LogP contribution in [-0.4, -0.2) is 23.7 Å². The van der Waals surface area contributed by atoms with E-state index in [2.05, 4.69) is 10.6 Å². The molecule has 0 spiro atoms. The molecule has 1 fully saturated rings. The number of carbonyl (C=O) groups excluding carboxylic acids is 1. The van der Waals surface area contributed by atoms with Crippen LogP contribution in [0.25, 0.3) is 0 Å². The molecular weight excluding hydrogens is 268 g/mol. The Morgan fingerprint density at radius 1 is 1.29 bits per heavy atom. The number of carbonyl (C=O) groups is 2. The van der Waals surface area contributed by atoms with Crippen LogP contribution in [0.15, 0.2) is 18.2 Å². The second-order valence-corrected chi connectivity index (χ2v) is 5.60. The Hall–Kier alpha value is -2.04. The zero-order chi connectivity index (χ0) is 15.2. The summed E-state index contributed by atoms with van der Waals surface area (Å²) < 4.78 is 0. The van der Waals surface area contributed by atoms with Gasteiger partial charge in [-0.3, -0.25) is 0 Å². The SMILES string of the molecule is Cc1c(NC(=O)NCCC2CCCC2)cccc1C(=O)O. The third-order valence-corrected chi connectivity index (χ3v) is 4.13. The van der Waals surface area contributed by atoms with Gasteiger partial charge in [-0.15, -0.1) is 0 Å². The minimum absolute atomic E-state index is 0.207. The van der Waals surface area contributed by atoms with Gasteiger partial charge in [-0.05, 0) is 37.0 Å². The summed E-state index contributed by atoms with van der Waals surface area (Å²) >= 11 is 0. The number of amides is 2. The van der Waals surface area contributed by atoms with Crippen molar-refractivity contribution >= 4 is 17.7 Å². The van der Waals surface area contributed by atoms with Crippen LogP contribution in [0.2, 0.25) is 0 Å². The van der Waals surface area contributed by atoms with E-state index in [1.165, 1.54) is 31.7 Å². The van der Waals surface area contributed by atoms with Crippen molar-refractivity contribution in [3.63, 3.8) is 0 Å². The standard InChI is InChI=1S/C16H22N2O3/c1-11-13(15(19)20)7-4-8-14(11)18-16(21)17-10-9-12-5-2-3-6-12/h4,7-8,12H,2-3,5-6,9-10H2,1H3,(H,19,20)(H2,17,18,21). The van der Waals surface area contributed by atoms with Gasteiger partial charge >= 0.3 is 12.0 Å². The number of benzene rings is 1. The zero-order valence-corrected chi connectivity index (χ0v) is 12.3. The van der Waals surface area contributed by atoms with E-state index < -0.39 is 5.97 Å². The predicted molar refractivity (Wildman–Crippen MR) is 81.7 cm³/mol. The van der Waals surface area contributed by atoms with E-state index in [-0.39, 0.29) is 11.6 Å². The first-order valence-corrected chi connectivity index (χ1v) is 7.45. The average Bonchev–Trinajstić information content (AvgIpc) is 2.94. The molecule has 1 aromatic rings. The fourth-order valence-electron chi connectivity index (χ4n) is 2.86. The lowest BCUT2D eigenvalue weighted by Gasteiger charge is -2.13. The van der Waals surface area contributed by atoms with E-state index in [4.69, 9.17) is 5.11 Å². The van der Waals surface area contributed by atoms with Crippen LogP contribution >= 0.6 is 0 Å². The van der Waals surface area contributed by atoms with Crippen LogP contribution in [0.5, 0.6) is 0 Å². The maximum atomic E-state index is 11.8. The Morgan fingerprint density at radius 3 is 2.67 bits per heavy atom. The molecule has 0 aliphatic heterocycles. The Kier molecular flexibility index (Phi) is 5.20. The van der Waals surface area contributed by atoms with E-state index >= 15 is 0 Å². The molecule has 0 bridgehead atoms. The first kappa shape index (κ1) is 15.4. The molecule has 1 saturated carbocycles. The number of hydrogen-bond acceptors (Lipinski definition) is 2. The first-order chi connectivity index (χ1) is 10.1. The highest BCUT2D eigenvalue weighted by Gasteiger charge is 2.15. The highest BCUT2D eigenvalue weighted by molar-refractivity contribution is 5.95. The minimum Gasteiger partial charge on any atom is -0.478 e. The van der Waals surface area contributed by atoms with Crippen molar-refractivity contribution in [1.82, 2.24) is 5.32 Å². The molecule has 3 N–H and O–H groups in total. The summed E-state index contributed by atoms with van der Waals surface area (Å²) in [7, 11) is 0. The van der Waals surface area contributed by atoms with E-state index in [0.29, 0.717) is 17.8 Å². The summed E-state index contributed by atoms with van der Waals surface area (Å²) in [4.78, 5) is 22.9. The zero-order valence-electron chi connectivity index (χ0n) is 12.3. The highest BCUT2D eigenvalue weighted by Crippen LogP contribution is 2.26. The third kappa shape index (κ3) is 4.21. The van der Waals surface area contributed by atoms with Crippen LogP contribution in [0.1, 0.15) is 48.0 Å². The van der Waals surface area contributed by atoms with Crippen molar-refractivity contribution in [3.05, 3.63) is 29.3 Å². The molecule has 0 unspecified atom stereocenters. The summed E-state index contributed by atoms with van der Waals surface area (Å²) in [6.45, 7) is 2.35. The molecule has 1 aliphatic carbocycles. The van der Waals surface area contributed by atoms with Gasteiger partial charge < -0.3 is 15.7 Å². The van der Waals surface area contributed by atoms with Gasteiger partial charge in [0.1, 0.15) is 0 Å². The van der Waals surface area contributed by atoms with Crippen molar-refractivity contribution in [2.75, 3.05) is 11.9 Å². The Balaban J connectivity index is 1.84. The maximum Gasteiger partial charge on any atom is 0.336 e. The van der Waals surface area contributed by atoms with Crippen molar-refractivity contribution in [1.29, 1.82) is 0 Å². The fraction of sp³-hybridized carbons (Fsp3) is 0.500. The Morgan fingerprint density at radius 2 is 2.00 bits per heavy atom. The van der Waals surface area contributed by atoms with Gasteiger partial charge in [0.2, 0.25) is 0 Å². The number of carboxylic acids is 1. The number of hydrogen-bond donors (Lipinski definition) is 3. The van der Waals surface area contributed by atoms with Crippen LogP contribution in [0, 0.1) is 12.8 Å². The minimum atomic E-state index is -0.988. The normalized spacial score (nSPS) is 14.9. The topological polar surface area (TPSA) is 78.4 Å². The molecule has 0 radical (unpaired) electrons. The monoisotopic (exact) mass is 290 g/mol. The second-order valence-electron chi connectivity index (χ2n) is 5.60. The lowest BCUT2D eigenvalue weighted by molar-refractivity contribution is 0.0696. The quantitative estimate of drug-likeness (QED) is 0.777. The summed E-state index contributed by atoms with van der Waals surface area (Å²) in [5.74, 6) is -0.250. The maximum absolute atomic E-state index is 11.8. The van der Waals surface area contributed by atoms with E-state index in [0.717, 1.165) is 12.3 Å². The molecular formula is C16H22N2O3. The van der Waals surface area contributed by atoms with Crippen molar-refractivity contribution in [2.45, 2.75) is 39.0 Å². The average molecular weight is 290 g/mol.